The first kappa shape index (κ1) is 16.9. The Labute approximate surface area is 159 Å². The van der Waals surface area contributed by atoms with Crippen LogP contribution in [0.4, 0.5) is 0 Å². The van der Waals surface area contributed by atoms with Crippen molar-refractivity contribution in [2.24, 2.45) is 0 Å². The van der Waals surface area contributed by atoms with Crippen molar-refractivity contribution < 1.29 is 4.74 Å². The van der Waals surface area contributed by atoms with Crippen molar-refractivity contribution in [1.29, 1.82) is 0 Å². The van der Waals surface area contributed by atoms with E-state index in [4.69, 9.17) is 4.74 Å². The number of benzene rings is 4. The molecule has 0 saturated carbocycles. The zero-order valence-electron chi connectivity index (χ0n) is 14.9. The first-order valence-electron chi connectivity index (χ1n) is 8.93. The summed E-state index contributed by atoms with van der Waals surface area (Å²) in [5.41, 5.74) is 2.05. The SMILES string of the molecule is C(#Cc1cccc2ccccc12)COCC#Cc1cccc2ccccc12. The third-order valence-corrected chi connectivity index (χ3v) is 4.37. The predicted molar refractivity (Wildman–Crippen MR) is 112 cm³/mol. The van der Waals surface area contributed by atoms with Gasteiger partial charge in [0.25, 0.3) is 0 Å². The second kappa shape index (κ2) is 8.24. The number of rotatable bonds is 2. The van der Waals surface area contributed by atoms with Crippen LogP contribution in [0.3, 0.4) is 0 Å². The van der Waals surface area contributed by atoms with Gasteiger partial charge in [-0.25, -0.2) is 0 Å². The van der Waals surface area contributed by atoms with Crippen molar-refractivity contribution in [3.05, 3.63) is 96.1 Å². The lowest BCUT2D eigenvalue weighted by atomic mass is 10.1. The van der Waals surface area contributed by atoms with Gasteiger partial charge in [0.15, 0.2) is 0 Å². The molecule has 0 radical (unpaired) electrons. The Morgan fingerprint density at radius 3 is 1.48 bits per heavy atom. The highest BCUT2D eigenvalue weighted by atomic mass is 16.5. The molecule has 1 nitrogen and oxygen atoms in total. The Morgan fingerprint density at radius 2 is 0.963 bits per heavy atom. The summed E-state index contributed by atoms with van der Waals surface area (Å²) < 4.78 is 5.55. The Hall–Kier alpha value is -3.52. The van der Waals surface area contributed by atoms with Crippen molar-refractivity contribution in [1.82, 2.24) is 0 Å². The van der Waals surface area contributed by atoms with Crippen LogP contribution in [0, 0.1) is 23.7 Å². The smallest absolute Gasteiger partial charge is 0.109 e. The van der Waals surface area contributed by atoms with Crippen molar-refractivity contribution in [3.63, 3.8) is 0 Å². The van der Waals surface area contributed by atoms with E-state index in [1.807, 2.05) is 48.5 Å². The molecular weight excluding hydrogens is 328 g/mol. The molecule has 0 N–H and O–H groups in total. The highest BCUT2D eigenvalue weighted by Crippen LogP contribution is 2.18. The molecule has 4 aromatic carbocycles. The third kappa shape index (κ3) is 4.01. The molecule has 27 heavy (non-hydrogen) atoms. The fourth-order valence-corrected chi connectivity index (χ4v) is 3.08. The Morgan fingerprint density at radius 1 is 0.519 bits per heavy atom. The summed E-state index contributed by atoms with van der Waals surface area (Å²) in [4.78, 5) is 0. The minimum atomic E-state index is 0.368. The zero-order valence-corrected chi connectivity index (χ0v) is 14.9. The summed E-state index contributed by atoms with van der Waals surface area (Å²) in [5, 5.41) is 4.74. The van der Waals surface area contributed by atoms with E-state index in [0.29, 0.717) is 13.2 Å². The summed E-state index contributed by atoms with van der Waals surface area (Å²) in [5.74, 6) is 12.6. The van der Waals surface area contributed by atoms with Gasteiger partial charge in [0, 0.05) is 11.1 Å². The molecule has 0 aliphatic rings. The molecule has 1 heteroatoms. The van der Waals surface area contributed by atoms with E-state index in [0.717, 1.165) is 11.1 Å². The lowest BCUT2D eigenvalue weighted by Gasteiger charge is -1.99. The van der Waals surface area contributed by atoms with Crippen LogP contribution in [0.2, 0.25) is 0 Å². The van der Waals surface area contributed by atoms with Crippen LogP contribution in [0.5, 0.6) is 0 Å². The van der Waals surface area contributed by atoms with Gasteiger partial charge in [0.2, 0.25) is 0 Å². The molecular formula is C26H18O. The fraction of sp³-hybridized carbons (Fsp3) is 0.0769. The predicted octanol–water partition coefficient (Wildman–Crippen LogP) is 5.41. The molecule has 0 atom stereocenters. The molecule has 0 heterocycles. The van der Waals surface area contributed by atoms with Crippen LogP contribution in [0.25, 0.3) is 21.5 Å². The number of ether oxygens (including phenoxy) is 1. The van der Waals surface area contributed by atoms with Gasteiger partial charge in [-0.1, -0.05) is 96.5 Å². The first-order chi connectivity index (χ1) is 13.4. The molecule has 0 aliphatic carbocycles. The summed E-state index contributed by atoms with van der Waals surface area (Å²) >= 11 is 0. The summed E-state index contributed by atoms with van der Waals surface area (Å²) in [7, 11) is 0. The van der Waals surface area contributed by atoms with Gasteiger partial charge in [-0.3, -0.25) is 0 Å². The minimum absolute atomic E-state index is 0.368. The maximum Gasteiger partial charge on any atom is 0.109 e. The molecule has 128 valence electrons. The largest absolute Gasteiger partial charge is 0.356 e. The Kier molecular flexibility index (Phi) is 5.16. The summed E-state index contributed by atoms with van der Waals surface area (Å²) in [6.07, 6.45) is 0. The number of fused-ring (bicyclic) bond motifs is 2. The van der Waals surface area contributed by atoms with E-state index in [1.54, 1.807) is 0 Å². The van der Waals surface area contributed by atoms with Crippen molar-refractivity contribution in [3.8, 4) is 23.7 Å². The molecule has 0 aromatic heterocycles. The molecule has 0 unspecified atom stereocenters. The van der Waals surface area contributed by atoms with E-state index in [9.17, 15) is 0 Å². The quantitative estimate of drug-likeness (QED) is 0.348. The van der Waals surface area contributed by atoms with Crippen molar-refractivity contribution in [2.45, 2.75) is 0 Å². The average molecular weight is 346 g/mol. The Balaban J connectivity index is 1.38. The normalized spacial score (nSPS) is 10.1. The van der Waals surface area contributed by atoms with Gasteiger partial charge >= 0.3 is 0 Å². The van der Waals surface area contributed by atoms with Crippen LogP contribution in [0.1, 0.15) is 11.1 Å². The topological polar surface area (TPSA) is 9.23 Å². The highest BCUT2D eigenvalue weighted by Gasteiger charge is 1.97. The lowest BCUT2D eigenvalue weighted by molar-refractivity contribution is 0.204. The molecule has 0 saturated heterocycles. The van der Waals surface area contributed by atoms with Crippen LogP contribution in [-0.4, -0.2) is 13.2 Å². The standard InChI is InChI=1S/C26H18O/c1-3-17-25-21(9-1)11-5-13-23(25)15-7-19-27-20-8-16-24-14-6-12-22-10-2-4-18-26(22)24/h1-6,9-14,17-18H,19-20H2. The zero-order chi connectivity index (χ0) is 18.3. The number of hydrogen-bond donors (Lipinski definition) is 0. The van der Waals surface area contributed by atoms with E-state index >= 15 is 0 Å². The van der Waals surface area contributed by atoms with E-state index in [2.05, 4.69) is 60.1 Å². The Bertz CT molecular complexity index is 1100. The molecule has 0 spiro atoms. The van der Waals surface area contributed by atoms with Crippen LogP contribution in [-0.2, 0) is 4.74 Å². The molecule has 0 aliphatic heterocycles. The number of hydrogen-bond acceptors (Lipinski definition) is 1. The van der Waals surface area contributed by atoms with Crippen LogP contribution in [0.15, 0.2) is 84.9 Å². The summed E-state index contributed by atoms with van der Waals surface area (Å²) in [6.45, 7) is 0.737. The van der Waals surface area contributed by atoms with Crippen molar-refractivity contribution >= 4 is 21.5 Å². The average Bonchev–Trinajstić information content (AvgIpc) is 2.73. The lowest BCUT2D eigenvalue weighted by Crippen LogP contribution is -1.92. The molecule has 0 amide bonds. The van der Waals surface area contributed by atoms with Gasteiger partial charge < -0.3 is 4.74 Å². The maximum absolute atomic E-state index is 5.55. The van der Waals surface area contributed by atoms with Gasteiger partial charge in [-0.15, -0.1) is 0 Å². The highest BCUT2D eigenvalue weighted by molar-refractivity contribution is 5.88. The van der Waals surface area contributed by atoms with Crippen LogP contribution < -0.4 is 0 Å². The monoisotopic (exact) mass is 346 g/mol. The maximum atomic E-state index is 5.55. The second-order valence-corrected chi connectivity index (χ2v) is 6.15. The van der Waals surface area contributed by atoms with E-state index in [1.165, 1.54) is 21.5 Å². The summed E-state index contributed by atoms with van der Waals surface area (Å²) in [6, 6.07) is 28.9. The van der Waals surface area contributed by atoms with E-state index < -0.39 is 0 Å². The minimum Gasteiger partial charge on any atom is -0.356 e. The molecule has 0 fully saturated rings. The molecule has 0 bridgehead atoms. The van der Waals surface area contributed by atoms with Crippen molar-refractivity contribution in [2.75, 3.05) is 13.2 Å². The molecule has 4 rings (SSSR count). The fourth-order valence-electron chi connectivity index (χ4n) is 3.08. The van der Waals surface area contributed by atoms with Gasteiger partial charge in [-0.2, -0.15) is 0 Å². The third-order valence-electron chi connectivity index (χ3n) is 4.37. The second-order valence-electron chi connectivity index (χ2n) is 6.15. The van der Waals surface area contributed by atoms with Gasteiger partial charge in [0.1, 0.15) is 13.2 Å². The molecule has 4 aromatic rings. The van der Waals surface area contributed by atoms with E-state index in [-0.39, 0.29) is 0 Å². The van der Waals surface area contributed by atoms with Gasteiger partial charge in [-0.05, 0) is 33.7 Å². The van der Waals surface area contributed by atoms with Gasteiger partial charge in [0.05, 0.1) is 0 Å². The van der Waals surface area contributed by atoms with Crippen LogP contribution >= 0.6 is 0 Å². The first-order valence-corrected chi connectivity index (χ1v) is 8.93.